The lowest BCUT2D eigenvalue weighted by Crippen LogP contribution is -2.38. The largest absolute Gasteiger partial charge is 0.490 e. The van der Waals surface area contributed by atoms with Crippen LogP contribution in [0.1, 0.15) is 51.0 Å². The first-order chi connectivity index (χ1) is 11.3. The summed E-state index contributed by atoms with van der Waals surface area (Å²) in [5, 5.41) is 6.76. The van der Waals surface area contributed by atoms with Crippen LogP contribution in [0.25, 0.3) is 0 Å². The van der Waals surface area contributed by atoms with E-state index >= 15 is 0 Å². The van der Waals surface area contributed by atoms with Gasteiger partial charge in [0.1, 0.15) is 5.75 Å². The Hall–Kier alpha value is -1.71. The monoisotopic (exact) mass is 315 g/mol. The van der Waals surface area contributed by atoms with Crippen molar-refractivity contribution in [1.29, 1.82) is 0 Å². The molecule has 4 nitrogen and oxygen atoms in total. The predicted octanol–water partition coefficient (Wildman–Crippen LogP) is 3.27. The van der Waals surface area contributed by atoms with E-state index in [9.17, 15) is 0 Å². The molecule has 0 aromatic heterocycles. The van der Waals surface area contributed by atoms with E-state index in [2.05, 4.69) is 46.8 Å². The fraction of sp³-hybridized carbons (Fsp3) is 0.632. The molecule has 3 rings (SSSR count). The van der Waals surface area contributed by atoms with E-state index in [0.29, 0.717) is 12.1 Å². The summed E-state index contributed by atoms with van der Waals surface area (Å²) in [5.41, 5.74) is 1.31. The third kappa shape index (κ3) is 5.45. The van der Waals surface area contributed by atoms with Crippen LogP contribution in [0.15, 0.2) is 29.3 Å². The number of aliphatic imine (C=N–C) groups is 1. The Morgan fingerprint density at radius 2 is 1.87 bits per heavy atom. The van der Waals surface area contributed by atoms with Gasteiger partial charge < -0.3 is 15.4 Å². The zero-order chi connectivity index (χ0) is 15.9. The van der Waals surface area contributed by atoms with E-state index < -0.39 is 0 Å². The minimum Gasteiger partial charge on any atom is -0.490 e. The molecule has 0 bridgehead atoms. The van der Waals surface area contributed by atoms with Gasteiger partial charge in [0.05, 0.1) is 6.10 Å². The average Bonchev–Trinajstić information content (AvgIpc) is 3.22. The van der Waals surface area contributed by atoms with Crippen LogP contribution in [0.5, 0.6) is 5.75 Å². The molecule has 0 spiro atoms. The standard InChI is InChI=1S/C19H29N3O/c1-2-20-19(22-16-9-10-16)21-14-13-15-7-11-18(12-8-15)23-17-5-3-4-6-17/h7-8,11-12,16-17H,2-6,9-10,13-14H2,1H3,(H2,20,21,22). The van der Waals surface area contributed by atoms with E-state index in [-0.39, 0.29) is 0 Å². The van der Waals surface area contributed by atoms with Crippen molar-refractivity contribution in [2.24, 2.45) is 4.99 Å². The Bertz CT molecular complexity index is 502. The van der Waals surface area contributed by atoms with Gasteiger partial charge in [-0.25, -0.2) is 0 Å². The summed E-state index contributed by atoms with van der Waals surface area (Å²) in [4.78, 5) is 4.66. The van der Waals surface area contributed by atoms with E-state index in [1.54, 1.807) is 0 Å². The molecule has 0 radical (unpaired) electrons. The second-order valence-corrected chi connectivity index (χ2v) is 6.60. The zero-order valence-corrected chi connectivity index (χ0v) is 14.2. The molecule has 2 fully saturated rings. The highest BCUT2D eigenvalue weighted by atomic mass is 16.5. The summed E-state index contributed by atoms with van der Waals surface area (Å²) in [7, 11) is 0. The number of guanidine groups is 1. The topological polar surface area (TPSA) is 45.7 Å². The molecular formula is C19H29N3O. The van der Waals surface area contributed by atoms with E-state index in [4.69, 9.17) is 4.74 Å². The van der Waals surface area contributed by atoms with Gasteiger partial charge in [0.15, 0.2) is 5.96 Å². The molecular weight excluding hydrogens is 286 g/mol. The van der Waals surface area contributed by atoms with Gasteiger partial charge in [-0.3, -0.25) is 4.99 Å². The van der Waals surface area contributed by atoms with Gasteiger partial charge in [0.2, 0.25) is 0 Å². The first-order valence-corrected chi connectivity index (χ1v) is 9.14. The van der Waals surface area contributed by atoms with Crippen LogP contribution < -0.4 is 15.4 Å². The Kier molecular flexibility index (Phi) is 5.78. The SMILES string of the molecule is CCNC(=NCCc1ccc(OC2CCCC2)cc1)NC1CC1. The predicted molar refractivity (Wildman–Crippen MR) is 95.2 cm³/mol. The molecule has 4 heteroatoms. The van der Waals surface area contributed by atoms with Crippen LogP contribution in [0.3, 0.4) is 0 Å². The quantitative estimate of drug-likeness (QED) is 0.599. The van der Waals surface area contributed by atoms with Gasteiger partial charge >= 0.3 is 0 Å². The number of nitrogens with one attached hydrogen (secondary N) is 2. The summed E-state index contributed by atoms with van der Waals surface area (Å²) in [6.45, 7) is 3.82. The summed E-state index contributed by atoms with van der Waals surface area (Å²) < 4.78 is 6.01. The molecule has 0 aliphatic heterocycles. The number of ether oxygens (including phenoxy) is 1. The van der Waals surface area contributed by atoms with Crippen LogP contribution >= 0.6 is 0 Å². The molecule has 2 N–H and O–H groups in total. The Labute approximate surface area is 139 Å². The lowest BCUT2D eigenvalue weighted by Gasteiger charge is -2.13. The van der Waals surface area contributed by atoms with E-state index in [1.165, 1.54) is 44.1 Å². The van der Waals surface area contributed by atoms with Crippen LogP contribution in [0, 0.1) is 0 Å². The zero-order valence-electron chi connectivity index (χ0n) is 14.2. The third-order valence-electron chi connectivity index (χ3n) is 4.46. The van der Waals surface area contributed by atoms with Gasteiger partial charge in [-0.1, -0.05) is 12.1 Å². The van der Waals surface area contributed by atoms with Gasteiger partial charge in [0, 0.05) is 19.1 Å². The highest BCUT2D eigenvalue weighted by Crippen LogP contribution is 2.24. The maximum absolute atomic E-state index is 6.01. The molecule has 1 aromatic rings. The van der Waals surface area contributed by atoms with Crippen molar-refractivity contribution < 1.29 is 4.74 Å². The highest BCUT2D eigenvalue weighted by molar-refractivity contribution is 5.80. The molecule has 1 aromatic carbocycles. The Balaban J connectivity index is 1.45. The summed E-state index contributed by atoms with van der Waals surface area (Å²) in [5.74, 6) is 1.96. The minimum absolute atomic E-state index is 0.432. The van der Waals surface area contributed by atoms with Crippen LogP contribution in [0.2, 0.25) is 0 Å². The van der Waals surface area contributed by atoms with Crippen molar-refractivity contribution in [3.05, 3.63) is 29.8 Å². The van der Waals surface area contributed by atoms with Crippen molar-refractivity contribution in [3.8, 4) is 5.75 Å². The third-order valence-corrected chi connectivity index (χ3v) is 4.46. The van der Waals surface area contributed by atoms with Gasteiger partial charge in [-0.05, 0) is 69.6 Å². The van der Waals surface area contributed by atoms with Crippen molar-refractivity contribution in [2.45, 2.75) is 64.0 Å². The molecule has 0 heterocycles. The second kappa shape index (κ2) is 8.23. The smallest absolute Gasteiger partial charge is 0.191 e. The molecule has 126 valence electrons. The maximum Gasteiger partial charge on any atom is 0.191 e. The normalized spacial score (nSPS) is 18.9. The van der Waals surface area contributed by atoms with Crippen molar-refractivity contribution in [1.82, 2.24) is 10.6 Å². The average molecular weight is 315 g/mol. The molecule has 23 heavy (non-hydrogen) atoms. The van der Waals surface area contributed by atoms with Crippen molar-refractivity contribution in [3.63, 3.8) is 0 Å². The highest BCUT2D eigenvalue weighted by Gasteiger charge is 2.22. The summed E-state index contributed by atoms with van der Waals surface area (Å²) in [6, 6.07) is 9.18. The second-order valence-electron chi connectivity index (χ2n) is 6.60. The molecule has 2 aliphatic carbocycles. The number of hydrogen-bond acceptors (Lipinski definition) is 2. The number of benzene rings is 1. The first-order valence-electron chi connectivity index (χ1n) is 9.14. The summed E-state index contributed by atoms with van der Waals surface area (Å²) in [6.07, 6.45) is 8.97. The van der Waals surface area contributed by atoms with Crippen LogP contribution in [-0.4, -0.2) is 31.2 Å². The summed E-state index contributed by atoms with van der Waals surface area (Å²) >= 11 is 0. The molecule has 0 saturated heterocycles. The molecule has 2 saturated carbocycles. The van der Waals surface area contributed by atoms with Gasteiger partial charge in [0.25, 0.3) is 0 Å². The molecule has 0 unspecified atom stereocenters. The molecule has 0 amide bonds. The minimum atomic E-state index is 0.432. The molecule has 0 atom stereocenters. The maximum atomic E-state index is 6.01. The lowest BCUT2D eigenvalue weighted by molar-refractivity contribution is 0.210. The number of nitrogens with zero attached hydrogens (tertiary/aromatic N) is 1. The lowest BCUT2D eigenvalue weighted by atomic mass is 10.1. The van der Waals surface area contributed by atoms with Crippen molar-refractivity contribution in [2.75, 3.05) is 13.1 Å². The van der Waals surface area contributed by atoms with Gasteiger partial charge in [-0.2, -0.15) is 0 Å². The fourth-order valence-corrected chi connectivity index (χ4v) is 2.97. The van der Waals surface area contributed by atoms with Crippen LogP contribution in [-0.2, 0) is 6.42 Å². The first kappa shape index (κ1) is 16.2. The fourth-order valence-electron chi connectivity index (χ4n) is 2.97. The van der Waals surface area contributed by atoms with E-state index in [0.717, 1.165) is 31.2 Å². The molecule has 2 aliphatic rings. The Morgan fingerprint density at radius 3 is 2.52 bits per heavy atom. The van der Waals surface area contributed by atoms with Crippen LogP contribution in [0.4, 0.5) is 0 Å². The number of rotatable bonds is 7. The van der Waals surface area contributed by atoms with E-state index in [1.807, 2.05) is 0 Å². The number of hydrogen-bond donors (Lipinski definition) is 2. The van der Waals surface area contributed by atoms with Crippen molar-refractivity contribution >= 4 is 5.96 Å². The van der Waals surface area contributed by atoms with Gasteiger partial charge in [-0.15, -0.1) is 0 Å². The Morgan fingerprint density at radius 1 is 1.13 bits per heavy atom.